The van der Waals surface area contributed by atoms with Crippen LogP contribution in [-0.2, 0) is 10.4 Å². The number of aromatic nitrogens is 3. The Labute approximate surface area is 148 Å². The molecule has 128 valence electrons. The third-order valence-corrected chi connectivity index (χ3v) is 4.43. The predicted molar refractivity (Wildman–Crippen MR) is 90.5 cm³/mol. The van der Waals surface area contributed by atoms with Gasteiger partial charge in [-0.05, 0) is 38.1 Å². The Morgan fingerprint density at radius 3 is 2.62 bits per heavy atom. The van der Waals surface area contributed by atoms with Gasteiger partial charge >= 0.3 is 0 Å². The van der Waals surface area contributed by atoms with Crippen LogP contribution in [0.15, 0.2) is 34.9 Å². The number of carbonyl (C=O) groups is 1. The van der Waals surface area contributed by atoms with Crippen molar-refractivity contribution in [2.45, 2.75) is 25.5 Å². The maximum Gasteiger partial charge on any atom is 0.260 e. The first kappa shape index (κ1) is 16.9. The second-order valence-electron chi connectivity index (χ2n) is 6.34. The molecule has 0 radical (unpaired) electrons. The van der Waals surface area contributed by atoms with Gasteiger partial charge in [0.05, 0.1) is 12.2 Å². The lowest BCUT2D eigenvalue weighted by molar-refractivity contribution is -0.139. The van der Waals surface area contributed by atoms with Gasteiger partial charge in [0, 0.05) is 17.6 Å². The van der Waals surface area contributed by atoms with E-state index in [1.54, 1.807) is 29.6 Å². The SMILES string of the molecule is CC(C)(O)c1cn(C2CN(C(=O)COc3ccc(Br)cc3)C2)nn1. The number of hydrogen-bond acceptors (Lipinski definition) is 5. The molecule has 3 rings (SSSR count). The fraction of sp³-hybridized carbons (Fsp3) is 0.438. The van der Waals surface area contributed by atoms with Crippen molar-refractivity contribution in [2.24, 2.45) is 0 Å². The number of hydrogen-bond donors (Lipinski definition) is 1. The zero-order valence-corrected chi connectivity index (χ0v) is 15.1. The van der Waals surface area contributed by atoms with Crippen LogP contribution in [-0.4, -0.2) is 50.6 Å². The molecule has 1 aromatic heterocycles. The summed E-state index contributed by atoms with van der Waals surface area (Å²) < 4.78 is 8.15. The van der Waals surface area contributed by atoms with Crippen LogP contribution >= 0.6 is 15.9 Å². The van der Waals surface area contributed by atoms with Crippen molar-refractivity contribution in [3.05, 3.63) is 40.6 Å². The summed E-state index contributed by atoms with van der Waals surface area (Å²) in [6.45, 7) is 4.48. The summed E-state index contributed by atoms with van der Waals surface area (Å²) in [6.07, 6.45) is 1.73. The molecule has 0 saturated carbocycles. The van der Waals surface area contributed by atoms with Gasteiger partial charge in [0.2, 0.25) is 0 Å². The molecule has 1 fully saturated rings. The molecule has 1 aromatic carbocycles. The van der Waals surface area contributed by atoms with E-state index >= 15 is 0 Å². The van der Waals surface area contributed by atoms with Crippen molar-refractivity contribution in [3.63, 3.8) is 0 Å². The van der Waals surface area contributed by atoms with E-state index < -0.39 is 5.60 Å². The lowest BCUT2D eigenvalue weighted by Gasteiger charge is -2.38. The maximum atomic E-state index is 12.1. The highest BCUT2D eigenvalue weighted by molar-refractivity contribution is 9.10. The Hall–Kier alpha value is -1.93. The maximum absolute atomic E-state index is 12.1. The van der Waals surface area contributed by atoms with E-state index in [4.69, 9.17) is 4.74 Å². The minimum atomic E-state index is -1.02. The highest BCUT2D eigenvalue weighted by Crippen LogP contribution is 2.23. The summed E-state index contributed by atoms with van der Waals surface area (Å²) in [5.41, 5.74) is -0.499. The van der Waals surface area contributed by atoms with Crippen LogP contribution in [0, 0.1) is 0 Å². The van der Waals surface area contributed by atoms with Gasteiger partial charge in [-0.2, -0.15) is 0 Å². The monoisotopic (exact) mass is 394 g/mol. The van der Waals surface area contributed by atoms with E-state index in [0.29, 0.717) is 24.5 Å². The highest BCUT2D eigenvalue weighted by Gasteiger charge is 2.33. The van der Waals surface area contributed by atoms with Gasteiger partial charge in [-0.1, -0.05) is 21.1 Å². The second-order valence-corrected chi connectivity index (χ2v) is 7.25. The molecule has 0 spiro atoms. The van der Waals surface area contributed by atoms with Crippen molar-refractivity contribution in [1.82, 2.24) is 19.9 Å². The van der Waals surface area contributed by atoms with Crippen molar-refractivity contribution in [1.29, 1.82) is 0 Å². The zero-order valence-electron chi connectivity index (χ0n) is 13.5. The van der Waals surface area contributed by atoms with Crippen molar-refractivity contribution in [2.75, 3.05) is 19.7 Å². The zero-order chi connectivity index (χ0) is 17.3. The van der Waals surface area contributed by atoms with E-state index in [1.807, 2.05) is 24.3 Å². The van der Waals surface area contributed by atoms with Gasteiger partial charge in [0.15, 0.2) is 6.61 Å². The molecule has 8 heteroatoms. The first-order valence-corrected chi connectivity index (χ1v) is 8.43. The molecule has 1 saturated heterocycles. The summed E-state index contributed by atoms with van der Waals surface area (Å²) in [6, 6.07) is 7.44. The standard InChI is InChI=1S/C16H19BrN4O3/c1-16(2,23)14-9-21(19-18-14)12-7-20(8-12)15(22)10-24-13-5-3-11(17)4-6-13/h3-6,9,12,23H,7-8,10H2,1-2H3. The molecular formula is C16H19BrN4O3. The highest BCUT2D eigenvalue weighted by atomic mass is 79.9. The van der Waals surface area contributed by atoms with Gasteiger partial charge in [-0.15, -0.1) is 5.10 Å². The molecule has 0 atom stereocenters. The summed E-state index contributed by atoms with van der Waals surface area (Å²) in [7, 11) is 0. The fourth-order valence-electron chi connectivity index (χ4n) is 2.33. The molecule has 24 heavy (non-hydrogen) atoms. The van der Waals surface area contributed by atoms with Gasteiger partial charge in [-0.3, -0.25) is 4.79 Å². The number of nitrogens with zero attached hydrogens (tertiary/aromatic N) is 4. The third kappa shape index (κ3) is 3.76. The van der Waals surface area contributed by atoms with Crippen LogP contribution in [0.3, 0.4) is 0 Å². The Morgan fingerprint density at radius 1 is 1.38 bits per heavy atom. The van der Waals surface area contributed by atoms with E-state index in [1.165, 1.54) is 0 Å². The molecule has 1 amide bonds. The van der Waals surface area contributed by atoms with Crippen LogP contribution < -0.4 is 4.74 Å². The molecule has 2 aromatic rings. The summed E-state index contributed by atoms with van der Waals surface area (Å²) in [5.74, 6) is 0.603. The Bertz CT molecular complexity index is 718. The largest absolute Gasteiger partial charge is 0.484 e. The quantitative estimate of drug-likeness (QED) is 0.834. The Morgan fingerprint density at radius 2 is 2.04 bits per heavy atom. The summed E-state index contributed by atoms with van der Waals surface area (Å²) >= 11 is 3.35. The average Bonchev–Trinajstić information content (AvgIpc) is 2.95. The van der Waals surface area contributed by atoms with Gasteiger partial charge in [0.1, 0.15) is 17.0 Å². The second kappa shape index (κ2) is 6.52. The van der Waals surface area contributed by atoms with Crippen LogP contribution in [0.25, 0.3) is 0 Å². The van der Waals surface area contributed by atoms with Crippen LogP contribution in [0.1, 0.15) is 25.6 Å². The topological polar surface area (TPSA) is 80.5 Å². The minimum absolute atomic E-state index is 0.0145. The van der Waals surface area contributed by atoms with Crippen LogP contribution in [0.4, 0.5) is 0 Å². The molecule has 2 heterocycles. The summed E-state index contributed by atoms with van der Waals surface area (Å²) in [5, 5.41) is 17.9. The number of halogens is 1. The minimum Gasteiger partial charge on any atom is -0.484 e. The van der Waals surface area contributed by atoms with Crippen molar-refractivity contribution >= 4 is 21.8 Å². The summed E-state index contributed by atoms with van der Waals surface area (Å²) in [4.78, 5) is 13.8. The lowest BCUT2D eigenvalue weighted by Crippen LogP contribution is -2.52. The lowest BCUT2D eigenvalue weighted by atomic mass is 10.1. The molecule has 1 aliphatic heterocycles. The number of benzene rings is 1. The van der Waals surface area contributed by atoms with Crippen LogP contribution in [0.2, 0.25) is 0 Å². The van der Waals surface area contributed by atoms with E-state index in [2.05, 4.69) is 26.2 Å². The average molecular weight is 395 g/mol. The van der Waals surface area contributed by atoms with E-state index in [0.717, 1.165) is 4.47 Å². The normalized spacial score (nSPS) is 15.2. The molecule has 1 N–H and O–H groups in total. The van der Waals surface area contributed by atoms with Crippen molar-refractivity contribution in [3.8, 4) is 5.75 Å². The van der Waals surface area contributed by atoms with Crippen LogP contribution in [0.5, 0.6) is 5.75 Å². The molecule has 0 bridgehead atoms. The van der Waals surface area contributed by atoms with E-state index in [9.17, 15) is 9.90 Å². The Balaban J connectivity index is 1.48. The number of ether oxygens (including phenoxy) is 1. The molecule has 0 aliphatic carbocycles. The first-order valence-electron chi connectivity index (χ1n) is 7.64. The third-order valence-electron chi connectivity index (χ3n) is 3.90. The number of carbonyl (C=O) groups excluding carboxylic acids is 1. The molecule has 0 unspecified atom stereocenters. The van der Waals surface area contributed by atoms with Gasteiger partial charge < -0.3 is 14.7 Å². The number of aliphatic hydroxyl groups is 1. The number of rotatable bonds is 5. The number of amides is 1. The molecular weight excluding hydrogens is 376 g/mol. The predicted octanol–water partition coefficient (Wildman–Crippen LogP) is 1.73. The number of likely N-dealkylation sites (tertiary alicyclic amines) is 1. The molecule has 1 aliphatic rings. The van der Waals surface area contributed by atoms with Gasteiger partial charge in [0.25, 0.3) is 5.91 Å². The Kier molecular flexibility index (Phi) is 4.60. The van der Waals surface area contributed by atoms with Crippen molar-refractivity contribution < 1.29 is 14.6 Å². The first-order chi connectivity index (χ1) is 11.3. The molecule has 7 nitrogen and oxygen atoms in total. The van der Waals surface area contributed by atoms with E-state index in [-0.39, 0.29) is 18.6 Å². The smallest absolute Gasteiger partial charge is 0.260 e. The fourth-order valence-corrected chi connectivity index (χ4v) is 2.59. The van der Waals surface area contributed by atoms with Gasteiger partial charge in [-0.25, -0.2) is 4.68 Å².